The molecule has 18 heavy (non-hydrogen) atoms. The number of rotatable bonds is 3. The molecule has 0 bridgehead atoms. The van der Waals surface area contributed by atoms with Crippen LogP contribution in [-0.2, 0) is 6.61 Å². The van der Waals surface area contributed by atoms with Gasteiger partial charge in [-0.15, -0.1) is 0 Å². The molecule has 2 N–H and O–H groups in total. The summed E-state index contributed by atoms with van der Waals surface area (Å²) in [6, 6.07) is 11.7. The summed E-state index contributed by atoms with van der Waals surface area (Å²) in [7, 11) is 0. The second-order valence-corrected chi connectivity index (χ2v) is 4.82. The van der Waals surface area contributed by atoms with Crippen LogP contribution in [0.5, 0.6) is 5.75 Å². The van der Waals surface area contributed by atoms with Crippen LogP contribution in [-0.4, -0.2) is 0 Å². The third-order valence-corrected chi connectivity index (χ3v) is 3.14. The molecule has 0 unspecified atom stereocenters. The summed E-state index contributed by atoms with van der Waals surface area (Å²) in [5, 5.41) is 0.575. The molecule has 0 heterocycles. The molecule has 0 fully saturated rings. The Kier molecular flexibility index (Phi) is 3.78. The molecule has 94 valence electrons. The van der Waals surface area contributed by atoms with Crippen molar-refractivity contribution in [3.63, 3.8) is 0 Å². The number of benzene rings is 2. The van der Waals surface area contributed by atoms with E-state index in [9.17, 15) is 0 Å². The van der Waals surface area contributed by atoms with Crippen molar-refractivity contribution in [1.29, 1.82) is 0 Å². The zero-order valence-electron chi connectivity index (χ0n) is 10.5. The summed E-state index contributed by atoms with van der Waals surface area (Å²) in [6.45, 7) is 4.57. The summed E-state index contributed by atoms with van der Waals surface area (Å²) in [4.78, 5) is 0. The standard InChI is InChI=1S/C15H16ClNO/c1-10-3-4-11(2)15(7-10)18-9-12-5-6-13(16)14(17)8-12/h3-8H,9,17H2,1-2H3. The van der Waals surface area contributed by atoms with Crippen LogP contribution in [0, 0.1) is 13.8 Å². The van der Waals surface area contributed by atoms with Crippen molar-refractivity contribution < 1.29 is 4.74 Å². The highest BCUT2D eigenvalue weighted by Gasteiger charge is 2.02. The van der Waals surface area contributed by atoms with Crippen molar-refractivity contribution in [3.8, 4) is 5.75 Å². The topological polar surface area (TPSA) is 35.2 Å². The van der Waals surface area contributed by atoms with Crippen molar-refractivity contribution in [2.75, 3.05) is 5.73 Å². The largest absolute Gasteiger partial charge is 0.489 e. The first kappa shape index (κ1) is 12.8. The van der Waals surface area contributed by atoms with Crippen molar-refractivity contribution in [2.24, 2.45) is 0 Å². The summed E-state index contributed by atoms with van der Waals surface area (Å²) in [5.41, 5.74) is 9.66. The molecule has 3 heteroatoms. The first-order chi connectivity index (χ1) is 8.56. The molecule has 0 saturated carbocycles. The number of anilines is 1. The third kappa shape index (κ3) is 2.96. The molecular formula is C15H16ClNO. The highest BCUT2D eigenvalue weighted by Crippen LogP contribution is 2.23. The van der Waals surface area contributed by atoms with Gasteiger partial charge in [0.05, 0.1) is 10.7 Å². The molecule has 2 nitrogen and oxygen atoms in total. The Morgan fingerprint density at radius 2 is 1.89 bits per heavy atom. The normalized spacial score (nSPS) is 10.4. The average Bonchev–Trinajstić information content (AvgIpc) is 2.34. The van der Waals surface area contributed by atoms with Gasteiger partial charge in [-0.25, -0.2) is 0 Å². The van der Waals surface area contributed by atoms with E-state index in [0.717, 1.165) is 16.9 Å². The van der Waals surface area contributed by atoms with Crippen LogP contribution in [0.2, 0.25) is 5.02 Å². The van der Waals surface area contributed by atoms with Crippen LogP contribution in [0.3, 0.4) is 0 Å². The molecule has 0 aliphatic heterocycles. The second-order valence-electron chi connectivity index (χ2n) is 4.41. The Morgan fingerprint density at radius 3 is 2.61 bits per heavy atom. The minimum Gasteiger partial charge on any atom is -0.489 e. The van der Waals surface area contributed by atoms with Gasteiger partial charge in [0.1, 0.15) is 12.4 Å². The van der Waals surface area contributed by atoms with E-state index in [1.165, 1.54) is 5.56 Å². The van der Waals surface area contributed by atoms with Gasteiger partial charge in [0.15, 0.2) is 0 Å². The van der Waals surface area contributed by atoms with E-state index in [-0.39, 0.29) is 0 Å². The number of nitrogens with two attached hydrogens (primary N) is 1. The fourth-order valence-corrected chi connectivity index (χ4v) is 1.82. The van der Waals surface area contributed by atoms with Crippen LogP contribution in [0.4, 0.5) is 5.69 Å². The van der Waals surface area contributed by atoms with Gasteiger partial charge in [-0.1, -0.05) is 29.8 Å². The van der Waals surface area contributed by atoms with Gasteiger partial charge >= 0.3 is 0 Å². The number of nitrogen functional groups attached to an aromatic ring is 1. The number of aryl methyl sites for hydroxylation is 2. The van der Waals surface area contributed by atoms with Crippen molar-refractivity contribution >= 4 is 17.3 Å². The Morgan fingerprint density at radius 1 is 1.11 bits per heavy atom. The quantitative estimate of drug-likeness (QED) is 0.844. The Hall–Kier alpha value is -1.67. The lowest BCUT2D eigenvalue weighted by Gasteiger charge is -2.10. The smallest absolute Gasteiger partial charge is 0.122 e. The molecule has 0 aliphatic rings. The number of halogens is 1. The number of ether oxygens (including phenoxy) is 1. The van der Waals surface area contributed by atoms with E-state index in [1.54, 1.807) is 6.07 Å². The zero-order chi connectivity index (χ0) is 13.1. The fourth-order valence-electron chi connectivity index (χ4n) is 1.71. The monoisotopic (exact) mass is 261 g/mol. The maximum Gasteiger partial charge on any atom is 0.122 e. The summed E-state index contributed by atoms with van der Waals surface area (Å²) < 4.78 is 5.80. The number of hydrogen-bond acceptors (Lipinski definition) is 2. The van der Waals surface area contributed by atoms with E-state index in [1.807, 2.05) is 32.0 Å². The molecular weight excluding hydrogens is 246 g/mol. The van der Waals surface area contributed by atoms with Gasteiger partial charge in [0.25, 0.3) is 0 Å². The van der Waals surface area contributed by atoms with Gasteiger partial charge < -0.3 is 10.5 Å². The fraction of sp³-hybridized carbons (Fsp3) is 0.200. The van der Waals surface area contributed by atoms with Gasteiger partial charge in [0, 0.05) is 0 Å². The first-order valence-electron chi connectivity index (χ1n) is 5.80. The van der Waals surface area contributed by atoms with E-state index in [0.29, 0.717) is 17.3 Å². The minimum absolute atomic E-state index is 0.492. The van der Waals surface area contributed by atoms with Gasteiger partial charge in [0.2, 0.25) is 0 Å². The first-order valence-corrected chi connectivity index (χ1v) is 6.18. The highest BCUT2D eigenvalue weighted by atomic mass is 35.5. The van der Waals surface area contributed by atoms with Gasteiger partial charge in [-0.2, -0.15) is 0 Å². The third-order valence-electron chi connectivity index (χ3n) is 2.80. The Labute approximate surface area is 112 Å². The zero-order valence-corrected chi connectivity index (χ0v) is 11.3. The van der Waals surface area contributed by atoms with E-state index >= 15 is 0 Å². The van der Waals surface area contributed by atoms with E-state index < -0.39 is 0 Å². The lowest BCUT2D eigenvalue weighted by Crippen LogP contribution is -1.98. The van der Waals surface area contributed by atoms with Crippen molar-refractivity contribution in [1.82, 2.24) is 0 Å². The maximum absolute atomic E-state index is 5.88. The minimum atomic E-state index is 0.492. The number of hydrogen-bond donors (Lipinski definition) is 1. The predicted octanol–water partition coefficient (Wildman–Crippen LogP) is 4.12. The van der Waals surface area contributed by atoms with Crippen LogP contribution in [0.15, 0.2) is 36.4 Å². The molecule has 0 spiro atoms. The Balaban J connectivity index is 2.11. The lowest BCUT2D eigenvalue weighted by molar-refractivity contribution is 0.304. The molecule has 2 rings (SSSR count). The molecule has 0 amide bonds. The average molecular weight is 262 g/mol. The molecule has 2 aromatic carbocycles. The van der Waals surface area contributed by atoms with Crippen LogP contribution in [0.1, 0.15) is 16.7 Å². The van der Waals surface area contributed by atoms with E-state index in [4.69, 9.17) is 22.1 Å². The summed E-state index contributed by atoms with van der Waals surface area (Å²) in [5.74, 6) is 0.906. The van der Waals surface area contributed by atoms with Gasteiger partial charge in [-0.05, 0) is 48.7 Å². The summed E-state index contributed by atoms with van der Waals surface area (Å²) in [6.07, 6.45) is 0. The maximum atomic E-state index is 5.88. The van der Waals surface area contributed by atoms with Crippen molar-refractivity contribution in [3.05, 3.63) is 58.1 Å². The predicted molar refractivity (Wildman–Crippen MR) is 76.1 cm³/mol. The molecule has 0 radical (unpaired) electrons. The Bertz CT molecular complexity index is 566. The molecule has 0 aromatic heterocycles. The van der Waals surface area contributed by atoms with Crippen LogP contribution < -0.4 is 10.5 Å². The van der Waals surface area contributed by atoms with Crippen molar-refractivity contribution in [2.45, 2.75) is 20.5 Å². The van der Waals surface area contributed by atoms with E-state index in [2.05, 4.69) is 12.1 Å². The highest BCUT2D eigenvalue weighted by molar-refractivity contribution is 6.33. The van der Waals surface area contributed by atoms with Gasteiger partial charge in [-0.3, -0.25) is 0 Å². The summed E-state index contributed by atoms with van der Waals surface area (Å²) >= 11 is 5.88. The molecule has 0 atom stereocenters. The van der Waals surface area contributed by atoms with Crippen LogP contribution >= 0.6 is 11.6 Å². The molecule has 0 saturated heterocycles. The van der Waals surface area contributed by atoms with Crippen LogP contribution in [0.25, 0.3) is 0 Å². The SMILES string of the molecule is Cc1ccc(C)c(OCc2ccc(Cl)c(N)c2)c1. The lowest BCUT2D eigenvalue weighted by atomic mass is 10.1. The second kappa shape index (κ2) is 5.32. The molecule has 2 aromatic rings. The molecule has 0 aliphatic carbocycles.